The third-order valence-corrected chi connectivity index (χ3v) is 4.83. The fraction of sp³-hybridized carbons (Fsp3) is 1.00. The normalized spacial score (nSPS) is 11.2. The molecule has 140 valence electrons. The largest absolute Gasteiger partial charge is 0.381 e. The van der Waals surface area contributed by atoms with Crippen LogP contribution in [0.5, 0.6) is 0 Å². The van der Waals surface area contributed by atoms with Crippen LogP contribution in [0, 0.1) is 0 Å². The molecular weight excluding hydrogens is 304 g/mol. The number of hydrogen-bond donors (Lipinski definition) is 0. The molecule has 1 nitrogen and oxygen atoms in total. The van der Waals surface area contributed by atoms with Crippen molar-refractivity contribution in [1.29, 1.82) is 0 Å². The SMILES string of the molecule is CCCCCCCCCCCCCCCCCCOCCCCl. The highest BCUT2D eigenvalue weighted by Gasteiger charge is 1.95. The Hall–Kier alpha value is 0.250. The number of hydrogen-bond acceptors (Lipinski definition) is 1. The molecule has 0 spiro atoms. The summed E-state index contributed by atoms with van der Waals surface area (Å²) < 4.78 is 5.51. The molecule has 0 radical (unpaired) electrons. The van der Waals surface area contributed by atoms with E-state index in [0.29, 0.717) is 0 Å². The summed E-state index contributed by atoms with van der Waals surface area (Å²) in [6, 6.07) is 0. The van der Waals surface area contributed by atoms with Gasteiger partial charge in [-0.25, -0.2) is 0 Å². The molecule has 0 rings (SSSR count). The molecule has 0 bridgehead atoms. The molecule has 0 aromatic rings. The number of rotatable bonds is 20. The van der Waals surface area contributed by atoms with E-state index >= 15 is 0 Å². The summed E-state index contributed by atoms with van der Waals surface area (Å²) >= 11 is 5.60. The molecule has 0 unspecified atom stereocenters. The zero-order valence-electron chi connectivity index (χ0n) is 15.9. The van der Waals surface area contributed by atoms with Gasteiger partial charge in [0.25, 0.3) is 0 Å². The van der Waals surface area contributed by atoms with Crippen LogP contribution in [0.15, 0.2) is 0 Å². The molecule has 0 heterocycles. The molecule has 0 aliphatic heterocycles. The molecule has 0 saturated carbocycles. The zero-order chi connectivity index (χ0) is 16.8. The van der Waals surface area contributed by atoms with E-state index in [0.717, 1.165) is 25.5 Å². The first-order valence-electron chi connectivity index (χ1n) is 10.6. The van der Waals surface area contributed by atoms with E-state index in [1.807, 2.05) is 0 Å². The van der Waals surface area contributed by atoms with Crippen LogP contribution in [0.3, 0.4) is 0 Å². The summed E-state index contributed by atoms with van der Waals surface area (Å²) in [5.74, 6) is 0.721. The Kier molecular flexibility index (Phi) is 22.5. The predicted molar refractivity (Wildman–Crippen MR) is 106 cm³/mol. The number of halogens is 1. The van der Waals surface area contributed by atoms with Crippen molar-refractivity contribution in [3.8, 4) is 0 Å². The van der Waals surface area contributed by atoms with E-state index in [9.17, 15) is 0 Å². The third kappa shape index (κ3) is 22.2. The maximum Gasteiger partial charge on any atom is 0.0477 e. The standard InChI is InChI=1S/C21H43ClO/c1-2-3-4-5-6-7-8-9-10-11-12-13-14-15-16-17-20-23-21-18-19-22/h2-21H2,1H3. The minimum absolute atomic E-state index is 0.721. The molecule has 0 aromatic heterocycles. The Morgan fingerprint density at radius 2 is 0.826 bits per heavy atom. The van der Waals surface area contributed by atoms with Crippen molar-refractivity contribution in [2.75, 3.05) is 19.1 Å². The lowest BCUT2D eigenvalue weighted by Gasteiger charge is -2.04. The van der Waals surface area contributed by atoms with Gasteiger partial charge in [0.1, 0.15) is 0 Å². The molecule has 0 amide bonds. The van der Waals surface area contributed by atoms with Gasteiger partial charge in [-0.05, 0) is 12.8 Å². The van der Waals surface area contributed by atoms with Gasteiger partial charge in [0, 0.05) is 19.1 Å². The topological polar surface area (TPSA) is 9.23 Å². The fourth-order valence-corrected chi connectivity index (χ4v) is 3.12. The number of ether oxygens (including phenoxy) is 1. The highest BCUT2D eigenvalue weighted by molar-refractivity contribution is 6.17. The molecule has 0 N–H and O–H groups in total. The van der Waals surface area contributed by atoms with E-state index in [-0.39, 0.29) is 0 Å². The van der Waals surface area contributed by atoms with Crippen LogP contribution in [0.2, 0.25) is 0 Å². The summed E-state index contributed by atoms with van der Waals surface area (Å²) in [7, 11) is 0. The lowest BCUT2D eigenvalue weighted by atomic mass is 10.0. The van der Waals surface area contributed by atoms with Gasteiger partial charge < -0.3 is 4.74 Å². The Morgan fingerprint density at radius 3 is 1.22 bits per heavy atom. The van der Waals surface area contributed by atoms with Crippen LogP contribution in [0.1, 0.15) is 116 Å². The van der Waals surface area contributed by atoms with E-state index in [2.05, 4.69) is 6.92 Å². The molecule has 0 atom stereocenters. The third-order valence-electron chi connectivity index (χ3n) is 4.56. The highest BCUT2D eigenvalue weighted by atomic mass is 35.5. The van der Waals surface area contributed by atoms with Crippen molar-refractivity contribution in [2.24, 2.45) is 0 Å². The monoisotopic (exact) mass is 346 g/mol. The average molecular weight is 347 g/mol. The Balaban J connectivity index is 2.92. The first-order chi connectivity index (χ1) is 11.4. The smallest absolute Gasteiger partial charge is 0.0477 e. The summed E-state index contributed by atoms with van der Waals surface area (Å²) in [5.41, 5.74) is 0. The van der Waals surface area contributed by atoms with Crippen LogP contribution >= 0.6 is 11.6 Å². The number of alkyl halides is 1. The molecule has 2 heteroatoms. The molecule has 0 saturated heterocycles. The Morgan fingerprint density at radius 1 is 0.478 bits per heavy atom. The lowest BCUT2D eigenvalue weighted by molar-refractivity contribution is 0.131. The van der Waals surface area contributed by atoms with Gasteiger partial charge in [-0.15, -0.1) is 11.6 Å². The van der Waals surface area contributed by atoms with Crippen LogP contribution in [-0.2, 0) is 4.74 Å². The lowest BCUT2D eigenvalue weighted by Crippen LogP contribution is -1.97. The van der Waals surface area contributed by atoms with Crippen molar-refractivity contribution in [3.05, 3.63) is 0 Å². The summed E-state index contributed by atoms with van der Waals surface area (Å²) in [5, 5.41) is 0. The van der Waals surface area contributed by atoms with Gasteiger partial charge in [0.15, 0.2) is 0 Å². The molecule has 0 aliphatic carbocycles. The van der Waals surface area contributed by atoms with Gasteiger partial charge in [-0.2, -0.15) is 0 Å². The summed E-state index contributed by atoms with van der Waals surface area (Å²) in [6.07, 6.45) is 23.7. The fourth-order valence-electron chi connectivity index (χ4n) is 3.01. The Bertz CT molecular complexity index is 176. The minimum atomic E-state index is 0.721. The highest BCUT2D eigenvalue weighted by Crippen LogP contribution is 2.13. The van der Waals surface area contributed by atoms with E-state index in [1.165, 1.54) is 103 Å². The second-order valence-electron chi connectivity index (χ2n) is 6.96. The summed E-state index contributed by atoms with van der Waals surface area (Å²) in [6.45, 7) is 4.05. The molecule has 0 aromatic carbocycles. The summed E-state index contributed by atoms with van der Waals surface area (Å²) in [4.78, 5) is 0. The zero-order valence-corrected chi connectivity index (χ0v) is 16.7. The van der Waals surface area contributed by atoms with Crippen molar-refractivity contribution in [3.63, 3.8) is 0 Å². The van der Waals surface area contributed by atoms with Crippen LogP contribution in [0.25, 0.3) is 0 Å². The van der Waals surface area contributed by atoms with E-state index < -0.39 is 0 Å². The van der Waals surface area contributed by atoms with Crippen molar-refractivity contribution in [2.45, 2.75) is 116 Å². The number of unbranched alkanes of at least 4 members (excludes halogenated alkanes) is 15. The van der Waals surface area contributed by atoms with Crippen molar-refractivity contribution < 1.29 is 4.74 Å². The molecule has 23 heavy (non-hydrogen) atoms. The molecular formula is C21H43ClO. The predicted octanol–water partition coefficient (Wildman–Crippen LogP) is 7.89. The van der Waals surface area contributed by atoms with Gasteiger partial charge in [0.05, 0.1) is 0 Å². The van der Waals surface area contributed by atoms with Crippen molar-refractivity contribution >= 4 is 11.6 Å². The maximum atomic E-state index is 5.60. The van der Waals surface area contributed by atoms with Crippen LogP contribution < -0.4 is 0 Å². The Labute approximate surface area is 151 Å². The average Bonchev–Trinajstić information content (AvgIpc) is 2.57. The minimum Gasteiger partial charge on any atom is -0.381 e. The first kappa shape index (κ1) is 23.2. The van der Waals surface area contributed by atoms with Gasteiger partial charge in [-0.1, -0.05) is 103 Å². The second-order valence-corrected chi connectivity index (χ2v) is 7.34. The van der Waals surface area contributed by atoms with Gasteiger partial charge in [-0.3, -0.25) is 0 Å². The maximum absolute atomic E-state index is 5.60. The first-order valence-corrected chi connectivity index (χ1v) is 11.1. The quantitative estimate of drug-likeness (QED) is 0.161. The van der Waals surface area contributed by atoms with E-state index in [1.54, 1.807) is 0 Å². The van der Waals surface area contributed by atoms with Gasteiger partial charge >= 0.3 is 0 Å². The molecule has 0 aliphatic rings. The second kappa shape index (κ2) is 22.2. The van der Waals surface area contributed by atoms with E-state index in [4.69, 9.17) is 16.3 Å². The van der Waals surface area contributed by atoms with Crippen molar-refractivity contribution in [1.82, 2.24) is 0 Å². The van der Waals surface area contributed by atoms with Crippen LogP contribution in [0.4, 0.5) is 0 Å². The molecule has 0 fully saturated rings. The van der Waals surface area contributed by atoms with Gasteiger partial charge in [0.2, 0.25) is 0 Å². The van der Waals surface area contributed by atoms with Crippen LogP contribution in [-0.4, -0.2) is 19.1 Å².